The van der Waals surface area contributed by atoms with Crippen LogP contribution in [0.2, 0.25) is 0 Å². The van der Waals surface area contributed by atoms with E-state index in [0.717, 1.165) is 17.0 Å². The highest BCUT2D eigenvalue weighted by Crippen LogP contribution is 2.36. The average molecular weight is 232 g/mol. The van der Waals surface area contributed by atoms with Crippen LogP contribution in [0.15, 0.2) is 12.1 Å². The normalized spacial score (nSPS) is 11.4. The zero-order valence-electron chi connectivity index (χ0n) is 10.9. The van der Waals surface area contributed by atoms with Gasteiger partial charge in [0.15, 0.2) is 0 Å². The molecule has 0 aliphatic rings. The van der Waals surface area contributed by atoms with Crippen molar-refractivity contribution in [2.75, 3.05) is 7.11 Å². The fraction of sp³-hybridized carbons (Fsp3) is 0.429. The average Bonchev–Trinajstić information content (AvgIpc) is 2.70. The third kappa shape index (κ3) is 1.80. The summed E-state index contributed by atoms with van der Waals surface area (Å²) in [6, 6.07) is 4.10. The van der Waals surface area contributed by atoms with E-state index in [9.17, 15) is 0 Å². The second-order valence-electron chi connectivity index (χ2n) is 4.71. The molecule has 0 aliphatic carbocycles. The number of rotatable bonds is 3. The molecule has 0 bridgehead atoms. The van der Waals surface area contributed by atoms with E-state index in [1.54, 1.807) is 7.11 Å². The molecule has 3 heteroatoms. The third-order valence-corrected chi connectivity index (χ3v) is 3.25. The molecule has 1 aromatic heterocycles. The lowest BCUT2D eigenvalue weighted by molar-refractivity contribution is 0.419. The van der Waals surface area contributed by atoms with Crippen molar-refractivity contribution in [3.63, 3.8) is 0 Å². The fourth-order valence-corrected chi connectivity index (χ4v) is 2.50. The number of aromatic amines is 1. The number of hydrogen-bond donors (Lipinski definition) is 2. The lowest BCUT2D eigenvalue weighted by Gasteiger charge is -2.09. The molecule has 2 aromatic rings. The third-order valence-electron chi connectivity index (χ3n) is 3.25. The van der Waals surface area contributed by atoms with Crippen LogP contribution >= 0.6 is 0 Å². The molecule has 0 radical (unpaired) electrons. The summed E-state index contributed by atoms with van der Waals surface area (Å²) in [5, 5.41) is 1.26. The van der Waals surface area contributed by atoms with Crippen LogP contribution in [0, 0.1) is 6.92 Å². The van der Waals surface area contributed by atoms with Crippen molar-refractivity contribution >= 4 is 10.9 Å². The van der Waals surface area contributed by atoms with Crippen LogP contribution < -0.4 is 10.5 Å². The number of nitrogens with one attached hydrogen (secondary N) is 1. The van der Waals surface area contributed by atoms with E-state index in [-0.39, 0.29) is 0 Å². The minimum absolute atomic E-state index is 0.452. The van der Waals surface area contributed by atoms with Gasteiger partial charge in [-0.15, -0.1) is 0 Å². The molecule has 0 unspecified atom stereocenters. The highest BCUT2D eigenvalue weighted by atomic mass is 16.5. The molecule has 92 valence electrons. The van der Waals surface area contributed by atoms with Crippen molar-refractivity contribution < 1.29 is 4.74 Å². The van der Waals surface area contributed by atoms with E-state index in [2.05, 4.69) is 31.8 Å². The van der Waals surface area contributed by atoms with Crippen LogP contribution in [-0.2, 0) is 6.54 Å². The zero-order valence-corrected chi connectivity index (χ0v) is 10.9. The van der Waals surface area contributed by atoms with Crippen LogP contribution in [0.1, 0.15) is 36.6 Å². The Kier molecular flexibility index (Phi) is 3.11. The Morgan fingerprint density at radius 1 is 1.35 bits per heavy atom. The predicted molar refractivity (Wildman–Crippen MR) is 71.6 cm³/mol. The number of hydrogen-bond acceptors (Lipinski definition) is 2. The lowest BCUT2D eigenvalue weighted by atomic mass is 9.96. The molecule has 0 fully saturated rings. The summed E-state index contributed by atoms with van der Waals surface area (Å²) in [7, 11) is 1.70. The Hall–Kier alpha value is -1.48. The Balaban J connectivity index is 2.86. The molecule has 1 aromatic carbocycles. The molecule has 0 amide bonds. The first-order chi connectivity index (χ1) is 8.10. The number of methoxy groups -OCH3 is 1. The van der Waals surface area contributed by atoms with Gasteiger partial charge in [0.05, 0.1) is 12.6 Å². The number of H-pyrrole nitrogens is 1. The quantitative estimate of drug-likeness (QED) is 0.854. The van der Waals surface area contributed by atoms with E-state index in [0.29, 0.717) is 12.5 Å². The number of aromatic nitrogens is 1. The van der Waals surface area contributed by atoms with Gasteiger partial charge < -0.3 is 15.5 Å². The largest absolute Gasteiger partial charge is 0.495 e. The standard InChI is InChI=1S/C14H20N2O/c1-8(2)12-10(7-15)16-14-11(17-4)6-5-9(3)13(12)14/h5-6,8,16H,7,15H2,1-4H3. The Labute approximate surface area is 102 Å². The van der Waals surface area contributed by atoms with Crippen molar-refractivity contribution in [1.29, 1.82) is 0 Å². The van der Waals surface area contributed by atoms with Crippen molar-refractivity contribution in [2.45, 2.75) is 33.2 Å². The smallest absolute Gasteiger partial charge is 0.142 e. The van der Waals surface area contributed by atoms with Gasteiger partial charge >= 0.3 is 0 Å². The van der Waals surface area contributed by atoms with Crippen LogP contribution in [0.4, 0.5) is 0 Å². The Bertz CT molecular complexity index is 541. The molecule has 0 saturated heterocycles. The van der Waals surface area contributed by atoms with Gasteiger partial charge in [-0.25, -0.2) is 0 Å². The van der Waals surface area contributed by atoms with E-state index in [4.69, 9.17) is 10.5 Å². The molecule has 1 heterocycles. The molecular formula is C14H20N2O. The topological polar surface area (TPSA) is 51.0 Å². The summed E-state index contributed by atoms with van der Waals surface area (Å²) < 4.78 is 5.40. The van der Waals surface area contributed by atoms with Crippen LogP contribution in [0.5, 0.6) is 5.75 Å². The summed E-state index contributed by atoms with van der Waals surface area (Å²) >= 11 is 0. The molecule has 3 nitrogen and oxygen atoms in total. The van der Waals surface area contributed by atoms with Gasteiger partial charge in [-0.3, -0.25) is 0 Å². The Morgan fingerprint density at radius 3 is 2.59 bits per heavy atom. The molecule has 0 spiro atoms. The van der Waals surface area contributed by atoms with Gasteiger partial charge in [0.1, 0.15) is 5.75 Å². The molecule has 2 rings (SSSR count). The van der Waals surface area contributed by atoms with Crippen LogP contribution in [0.3, 0.4) is 0 Å². The van der Waals surface area contributed by atoms with E-state index < -0.39 is 0 Å². The van der Waals surface area contributed by atoms with Gasteiger partial charge in [0.25, 0.3) is 0 Å². The number of ether oxygens (including phenoxy) is 1. The number of fused-ring (bicyclic) bond motifs is 1. The monoisotopic (exact) mass is 232 g/mol. The van der Waals surface area contributed by atoms with E-state index in [1.165, 1.54) is 16.5 Å². The first kappa shape index (κ1) is 12.0. The Morgan fingerprint density at radius 2 is 2.06 bits per heavy atom. The molecule has 3 N–H and O–H groups in total. The van der Waals surface area contributed by atoms with E-state index in [1.807, 2.05) is 6.07 Å². The van der Waals surface area contributed by atoms with Gasteiger partial charge in [-0.1, -0.05) is 19.9 Å². The zero-order chi connectivity index (χ0) is 12.6. The second-order valence-corrected chi connectivity index (χ2v) is 4.71. The maximum Gasteiger partial charge on any atom is 0.142 e. The summed E-state index contributed by atoms with van der Waals surface area (Å²) in [5.41, 5.74) is 10.6. The second kappa shape index (κ2) is 4.41. The lowest BCUT2D eigenvalue weighted by Crippen LogP contribution is -2.01. The summed E-state index contributed by atoms with van der Waals surface area (Å²) in [6.07, 6.45) is 0. The first-order valence-electron chi connectivity index (χ1n) is 5.98. The first-order valence-corrected chi connectivity index (χ1v) is 5.98. The van der Waals surface area contributed by atoms with Crippen LogP contribution in [-0.4, -0.2) is 12.1 Å². The van der Waals surface area contributed by atoms with Gasteiger partial charge in [0, 0.05) is 17.6 Å². The summed E-state index contributed by atoms with van der Waals surface area (Å²) in [5.74, 6) is 1.33. The fourth-order valence-electron chi connectivity index (χ4n) is 2.50. The number of nitrogens with two attached hydrogens (primary N) is 1. The summed E-state index contributed by atoms with van der Waals surface area (Å²) in [4.78, 5) is 3.41. The van der Waals surface area contributed by atoms with Crippen molar-refractivity contribution in [1.82, 2.24) is 4.98 Å². The van der Waals surface area contributed by atoms with Gasteiger partial charge in [-0.05, 0) is 30.0 Å². The number of aryl methyl sites for hydroxylation is 1. The molecule has 0 aliphatic heterocycles. The molecule has 0 atom stereocenters. The molecule has 17 heavy (non-hydrogen) atoms. The maximum atomic E-state index is 5.82. The number of benzene rings is 1. The summed E-state index contributed by atoms with van der Waals surface area (Å²) in [6.45, 7) is 7.05. The van der Waals surface area contributed by atoms with Crippen molar-refractivity contribution in [2.24, 2.45) is 5.73 Å². The molecular weight excluding hydrogens is 212 g/mol. The minimum Gasteiger partial charge on any atom is -0.495 e. The van der Waals surface area contributed by atoms with Gasteiger partial charge in [0.2, 0.25) is 0 Å². The molecule has 0 saturated carbocycles. The van der Waals surface area contributed by atoms with E-state index >= 15 is 0 Å². The van der Waals surface area contributed by atoms with Crippen molar-refractivity contribution in [3.05, 3.63) is 29.0 Å². The minimum atomic E-state index is 0.452. The van der Waals surface area contributed by atoms with Gasteiger partial charge in [-0.2, -0.15) is 0 Å². The SMILES string of the molecule is COc1ccc(C)c2c(C(C)C)c(CN)[nH]c12. The van der Waals surface area contributed by atoms with Crippen LogP contribution in [0.25, 0.3) is 10.9 Å². The maximum absolute atomic E-state index is 5.82. The predicted octanol–water partition coefficient (Wildman–Crippen LogP) is 3.07. The van der Waals surface area contributed by atoms with Crippen molar-refractivity contribution in [3.8, 4) is 5.75 Å². The highest BCUT2D eigenvalue weighted by Gasteiger charge is 2.17. The highest BCUT2D eigenvalue weighted by molar-refractivity contribution is 5.92.